The van der Waals surface area contributed by atoms with Crippen LogP contribution in [0, 0.1) is 5.82 Å². The van der Waals surface area contributed by atoms with Crippen LogP contribution in [-0.4, -0.2) is 33.0 Å². The highest BCUT2D eigenvalue weighted by Crippen LogP contribution is 2.21. The zero-order valence-electron chi connectivity index (χ0n) is 14.6. The van der Waals surface area contributed by atoms with Crippen LogP contribution in [0.5, 0.6) is 0 Å². The summed E-state index contributed by atoms with van der Waals surface area (Å²) in [6.07, 6.45) is 7.00. The van der Waals surface area contributed by atoms with Crippen molar-refractivity contribution in [3.63, 3.8) is 0 Å². The fourth-order valence-corrected chi connectivity index (χ4v) is 3.89. The molecule has 0 unspecified atom stereocenters. The zero-order chi connectivity index (χ0) is 19.1. The van der Waals surface area contributed by atoms with Gasteiger partial charge in [0.15, 0.2) is 0 Å². The molecule has 3 rings (SSSR count). The van der Waals surface area contributed by atoms with Crippen LogP contribution in [-0.2, 0) is 10.0 Å². The third kappa shape index (κ3) is 5.19. The Labute approximate surface area is 158 Å². The third-order valence-corrected chi connectivity index (χ3v) is 5.49. The standard InChI is InChI=1S/C20H20FN3O2S/c21-18-8-6-16(7-9-18)3-2-11-22-13-14-24-27(25,26)20-5-1-4-17-15-23-12-10-19(17)20/h1-10,12,15,22,24H,11,13-14H2. The Balaban J connectivity index is 1.49. The molecule has 1 heterocycles. The number of nitrogens with zero attached hydrogens (tertiary/aromatic N) is 1. The molecule has 0 saturated heterocycles. The molecular formula is C20H20FN3O2S. The molecule has 2 N–H and O–H groups in total. The van der Waals surface area contributed by atoms with Gasteiger partial charge in [-0.15, -0.1) is 0 Å². The SMILES string of the molecule is O=S(=O)(NCCNCC=Cc1ccc(F)cc1)c1cccc2cnccc12. The second kappa shape index (κ2) is 8.85. The molecule has 0 aliphatic rings. The molecule has 0 aliphatic heterocycles. The number of halogens is 1. The van der Waals surface area contributed by atoms with E-state index in [0.717, 1.165) is 10.9 Å². The Bertz CT molecular complexity index is 1030. The first-order valence-corrected chi connectivity index (χ1v) is 10.00. The van der Waals surface area contributed by atoms with Crippen molar-refractivity contribution >= 4 is 26.9 Å². The van der Waals surface area contributed by atoms with Crippen LogP contribution in [0.3, 0.4) is 0 Å². The van der Waals surface area contributed by atoms with Gasteiger partial charge in [0.25, 0.3) is 0 Å². The van der Waals surface area contributed by atoms with Gasteiger partial charge in [0.1, 0.15) is 5.82 Å². The maximum atomic E-state index is 12.8. The fraction of sp³-hybridized carbons (Fsp3) is 0.150. The molecule has 0 atom stereocenters. The second-order valence-corrected chi connectivity index (χ2v) is 7.64. The van der Waals surface area contributed by atoms with Crippen LogP contribution >= 0.6 is 0 Å². The molecule has 140 valence electrons. The van der Waals surface area contributed by atoms with Crippen LogP contribution in [0.15, 0.2) is 71.9 Å². The van der Waals surface area contributed by atoms with Gasteiger partial charge in [0.05, 0.1) is 4.90 Å². The Morgan fingerprint density at radius 1 is 1.04 bits per heavy atom. The molecule has 7 heteroatoms. The first-order chi connectivity index (χ1) is 13.1. The summed E-state index contributed by atoms with van der Waals surface area (Å²) in [4.78, 5) is 4.26. The van der Waals surface area contributed by atoms with E-state index in [1.54, 1.807) is 42.7 Å². The Morgan fingerprint density at radius 2 is 1.85 bits per heavy atom. The van der Waals surface area contributed by atoms with Crippen molar-refractivity contribution in [2.75, 3.05) is 19.6 Å². The van der Waals surface area contributed by atoms with Gasteiger partial charge >= 0.3 is 0 Å². The van der Waals surface area contributed by atoms with Crippen molar-refractivity contribution in [2.45, 2.75) is 4.90 Å². The molecule has 0 aliphatic carbocycles. The van der Waals surface area contributed by atoms with E-state index < -0.39 is 10.0 Å². The molecule has 3 aromatic rings. The maximum absolute atomic E-state index is 12.8. The van der Waals surface area contributed by atoms with E-state index in [2.05, 4.69) is 15.0 Å². The molecule has 0 bridgehead atoms. The lowest BCUT2D eigenvalue weighted by atomic mass is 10.2. The van der Waals surface area contributed by atoms with E-state index in [1.165, 1.54) is 12.1 Å². The van der Waals surface area contributed by atoms with Crippen molar-refractivity contribution < 1.29 is 12.8 Å². The van der Waals surface area contributed by atoms with E-state index >= 15 is 0 Å². The van der Waals surface area contributed by atoms with Gasteiger partial charge in [-0.3, -0.25) is 4.98 Å². The fourth-order valence-electron chi connectivity index (χ4n) is 2.63. The number of nitrogens with one attached hydrogen (secondary N) is 2. The largest absolute Gasteiger partial charge is 0.312 e. The molecule has 0 saturated carbocycles. The number of hydrogen-bond acceptors (Lipinski definition) is 4. The molecule has 5 nitrogen and oxygen atoms in total. The number of fused-ring (bicyclic) bond motifs is 1. The topological polar surface area (TPSA) is 71.1 Å². The van der Waals surface area contributed by atoms with Crippen molar-refractivity contribution in [2.24, 2.45) is 0 Å². The average molecular weight is 385 g/mol. The number of aromatic nitrogens is 1. The van der Waals surface area contributed by atoms with E-state index in [0.29, 0.717) is 18.5 Å². The number of benzene rings is 2. The van der Waals surface area contributed by atoms with Crippen LogP contribution in [0.25, 0.3) is 16.8 Å². The normalized spacial score (nSPS) is 12.0. The molecule has 0 fully saturated rings. The van der Waals surface area contributed by atoms with Gasteiger partial charge in [-0.25, -0.2) is 17.5 Å². The van der Waals surface area contributed by atoms with E-state index in [9.17, 15) is 12.8 Å². The molecule has 1 aromatic heterocycles. The van der Waals surface area contributed by atoms with Gasteiger partial charge in [0.2, 0.25) is 10.0 Å². The summed E-state index contributed by atoms with van der Waals surface area (Å²) in [7, 11) is -3.60. The lowest BCUT2D eigenvalue weighted by Crippen LogP contribution is -2.32. The van der Waals surface area contributed by atoms with Crippen molar-refractivity contribution in [3.05, 3.63) is 78.4 Å². The average Bonchev–Trinajstić information content (AvgIpc) is 2.68. The quantitative estimate of drug-likeness (QED) is 0.585. The summed E-state index contributed by atoms with van der Waals surface area (Å²) in [6, 6.07) is 13.0. The molecule has 2 aromatic carbocycles. The smallest absolute Gasteiger partial charge is 0.241 e. The number of hydrogen-bond donors (Lipinski definition) is 2. The Kier molecular flexibility index (Phi) is 6.28. The van der Waals surface area contributed by atoms with Gasteiger partial charge in [-0.05, 0) is 29.8 Å². The van der Waals surface area contributed by atoms with Gasteiger partial charge in [0, 0.05) is 42.8 Å². The van der Waals surface area contributed by atoms with E-state index in [-0.39, 0.29) is 17.3 Å². The lowest BCUT2D eigenvalue weighted by Gasteiger charge is -2.09. The summed E-state index contributed by atoms with van der Waals surface area (Å²) < 4.78 is 40.5. The lowest BCUT2D eigenvalue weighted by molar-refractivity contribution is 0.579. The Morgan fingerprint density at radius 3 is 2.67 bits per heavy atom. The molecule has 0 radical (unpaired) electrons. The molecule has 0 spiro atoms. The molecule has 0 amide bonds. The summed E-state index contributed by atoms with van der Waals surface area (Å²) >= 11 is 0. The first kappa shape index (κ1) is 19.2. The summed E-state index contributed by atoms with van der Waals surface area (Å²) in [5.74, 6) is -0.264. The minimum atomic E-state index is -3.60. The van der Waals surface area contributed by atoms with Crippen molar-refractivity contribution in [3.8, 4) is 0 Å². The predicted octanol–water partition coefficient (Wildman–Crippen LogP) is 2.96. The van der Waals surface area contributed by atoms with Gasteiger partial charge in [-0.1, -0.05) is 36.4 Å². The monoisotopic (exact) mass is 385 g/mol. The Hall–Kier alpha value is -2.61. The highest BCUT2D eigenvalue weighted by atomic mass is 32.2. The van der Waals surface area contributed by atoms with Gasteiger partial charge < -0.3 is 5.32 Å². The second-order valence-electron chi connectivity index (χ2n) is 5.91. The summed E-state index contributed by atoms with van der Waals surface area (Å²) in [5, 5.41) is 4.56. The minimum absolute atomic E-state index is 0.249. The van der Waals surface area contributed by atoms with E-state index in [4.69, 9.17) is 0 Å². The summed E-state index contributed by atoms with van der Waals surface area (Å²) in [5.41, 5.74) is 0.907. The zero-order valence-corrected chi connectivity index (χ0v) is 15.4. The number of sulfonamides is 1. The predicted molar refractivity (Wildman–Crippen MR) is 105 cm³/mol. The maximum Gasteiger partial charge on any atom is 0.241 e. The van der Waals surface area contributed by atoms with Gasteiger partial charge in [-0.2, -0.15) is 0 Å². The third-order valence-electron chi connectivity index (χ3n) is 3.97. The summed E-state index contributed by atoms with van der Waals surface area (Å²) in [6.45, 7) is 1.34. The highest BCUT2D eigenvalue weighted by Gasteiger charge is 2.16. The van der Waals surface area contributed by atoms with Crippen molar-refractivity contribution in [1.82, 2.24) is 15.0 Å². The highest BCUT2D eigenvalue weighted by molar-refractivity contribution is 7.89. The van der Waals surface area contributed by atoms with Crippen molar-refractivity contribution in [1.29, 1.82) is 0 Å². The number of rotatable bonds is 8. The van der Waals surface area contributed by atoms with Crippen LogP contribution < -0.4 is 10.0 Å². The van der Waals surface area contributed by atoms with Crippen LogP contribution in [0.4, 0.5) is 4.39 Å². The molecule has 27 heavy (non-hydrogen) atoms. The first-order valence-electron chi connectivity index (χ1n) is 8.51. The number of pyridine rings is 1. The minimum Gasteiger partial charge on any atom is -0.312 e. The van der Waals surface area contributed by atoms with E-state index in [1.807, 2.05) is 18.2 Å². The van der Waals surface area contributed by atoms with Crippen LogP contribution in [0.1, 0.15) is 5.56 Å². The molecular weight excluding hydrogens is 365 g/mol. The van der Waals surface area contributed by atoms with Crippen LogP contribution in [0.2, 0.25) is 0 Å².